The minimum atomic E-state index is 1.06. The van der Waals surface area contributed by atoms with E-state index < -0.39 is 0 Å². The molecule has 9 heavy (non-hydrogen) atoms. The second-order valence-corrected chi connectivity index (χ2v) is 2.82. The third-order valence-corrected chi connectivity index (χ3v) is 1.83. The van der Waals surface area contributed by atoms with Gasteiger partial charge in [-0.05, 0) is 13.2 Å². The van der Waals surface area contributed by atoms with E-state index in [2.05, 4.69) is 16.5 Å². The van der Waals surface area contributed by atoms with Gasteiger partial charge in [-0.3, -0.25) is 5.10 Å². The maximum Gasteiger partial charge on any atom is 0.0530 e. The largest absolute Gasteiger partial charge is 0.283 e. The summed E-state index contributed by atoms with van der Waals surface area (Å²) >= 11 is 1.81. The van der Waals surface area contributed by atoms with Crippen LogP contribution in [0.1, 0.15) is 11.3 Å². The number of nitrogens with one attached hydrogen (secondary N) is 1. The number of aryl methyl sites for hydroxylation is 1. The van der Waals surface area contributed by atoms with Crippen molar-refractivity contribution >= 4 is 11.8 Å². The van der Waals surface area contributed by atoms with Gasteiger partial charge in [-0.2, -0.15) is 16.9 Å². The fraction of sp³-hybridized carbons (Fsp3) is 0.500. The van der Waals surface area contributed by atoms with Gasteiger partial charge in [0.2, 0.25) is 0 Å². The van der Waals surface area contributed by atoms with Crippen molar-refractivity contribution in [2.24, 2.45) is 0 Å². The predicted octanol–water partition coefficient (Wildman–Crippen LogP) is 1.58. The zero-order chi connectivity index (χ0) is 6.69. The summed E-state index contributed by atoms with van der Waals surface area (Å²) in [6, 6.07) is 0. The van der Waals surface area contributed by atoms with Gasteiger partial charge in [0.1, 0.15) is 0 Å². The first-order valence-corrected chi connectivity index (χ1v) is 4.21. The summed E-state index contributed by atoms with van der Waals surface area (Å²) in [7, 11) is 0. The maximum absolute atomic E-state index is 3.90. The van der Waals surface area contributed by atoms with Gasteiger partial charge in [0.05, 0.1) is 6.20 Å². The molecule has 0 saturated heterocycles. The van der Waals surface area contributed by atoms with Gasteiger partial charge in [0.25, 0.3) is 0 Å². The second kappa shape index (κ2) is 2.92. The molecule has 0 amide bonds. The lowest BCUT2D eigenvalue weighted by Gasteiger charge is -1.91. The fourth-order valence-corrected chi connectivity index (χ4v) is 1.28. The fourth-order valence-electron chi connectivity index (χ4n) is 0.677. The van der Waals surface area contributed by atoms with Crippen LogP contribution in [0.3, 0.4) is 0 Å². The summed E-state index contributed by atoms with van der Waals surface area (Å²) in [5, 5.41) is 6.79. The number of aromatic amines is 1. The lowest BCUT2D eigenvalue weighted by atomic mass is 10.3. The first kappa shape index (κ1) is 6.68. The van der Waals surface area contributed by atoms with E-state index in [9.17, 15) is 0 Å². The average molecular weight is 142 g/mol. The van der Waals surface area contributed by atoms with E-state index in [0.717, 1.165) is 5.75 Å². The molecule has 0 spiro atoms. The number of H-pyrrole nitrogens is 1. The van der Waals surface area contributed by atoms with Gasteiger partial charge in [-0.25, -0.2) is 0 Å². The summed E-state index contributed by atoms with van der Waals surface area (Å²) in [6.07, 6.45) is 3.97. The van der Waals surface area contributed by atoms with Crippen molar-refractivity contribution in [1.29, 1.82) is 0 Å². The van der Waals surface area contributed by atoms with E-state index in [1.54, 1.807) is 0 Å². The molecule has 0 aliphatic rings. The first-order valence-electron chi connectivity index (χ1n) is 2.82. The van der Waals surface area contributed by atoms with Crippen LogP contribution in [-0.4, -0.2) is 16.5 Å². The molecule has 0 aromatic carbocycles. The molecule has 1 rings (SSSR count). The van der Waals surface area contributed by atoms with Gasteiger partial charge in [0.15, 0.2) is 0 Å². The summed E-state index contributed by atoms with van der Waals surface area (Å²) < 4.78 is 0. The van der Waals surface area contributed by atoms with Crippen LogP contribution in [0.15, 0.2) is 6.20 Å². The third kappa shape index (κ3) is 1.48. The Balaban J connectivity index is 2.69. The molecule has 1 aromatic rings. The summed E-state index contributed by atoms with van der Waals surface area (Å²) in [4.78, 5) is 0. The highest BCUT2D eigenvalue weighted by Gasteiger charge is 1.96. The van der Waals surface area contributed by atoms with Crippen LogP contribution in [-0.2, 0) is 5.75 Å². The van der Waals surface area contributed by atoms with Crippen molar-refractivity contribution in [3.05, 3.63) is 17.5 Å². The van der Waals surface area contributed by atoms with E-state index in [-0.39, 0.29) is 0 Å². The monoisotopic (exact) mass is 142 g/mol. The molecule has 0 bridgehead atoms. The third-order valence-electron chi connectivity index (χ3n) is 1.23. The second-order valence-electron chi connectivity index (χ2n) is 1.95. The normalized spacial score (nSPS) is 10.0. The van der Waals surface area contributed by atoms with Crippen LogP contribution in [0.5, 0.6) is 0 Å². The molecule has 0 saturated carbocycles. The van der Waals surface area contributed by atoms with Crippen molar-refractivity contribution < 1.29 is 0 Å². The molecule has 1 aromatic heterocycles. The van der Waals surface area contributed by atoms with Crippen LogP contribution >= 0.6 is 11.8 Å². The Labute approximate surface area is 59.0 Å². The zero-order valence-corrected chi connectivity index (χ0v) is 6.46. The van der Waals surface area contributed by atoms with Crippen molar-refractivity contribution in [3.63, 3.8) is 0 Å². The number of aromatic nitrogens is 2. The van der Waals surface area contributed by atoms with E-state index in [1.165, 1.54) is 11.3 Å². The highest BCUT2D eigenvalue weighted by atomic mass is 32.2. The standard InChI is InChI=1S/C6H10N2S/c1-5-6(4-9-2)3-7-8-5/h3H,4H2,1-2H3,(H,7,8). The van der Waals surface area contributed by atoms with Gasteiger partial charge < -0.3 is 0 Å². The van der Waals surface area contributed by atoms with E-state index in [0.29, 0.717) is 0 Å². The molecule has 50 valence electrons. The number of thioether (sulfide) groups is 1. The molecule has 2 nitrogen and oxygen atoms in total. The Bertz CT molecular complexity index is 183. The first-order chi connectivity index (χ1) is 4.34. The molecule has 0 aliphatic carbocycles. The minimum absolute atomic E-state index is 1.06. The van der Waals surface area contributed by atoms with Crippen LogP contribution in [0.4, 0.5) is 0 Å². The zero-order valence-electron chi connectivity index (χ0n) is 5.64. The Hall–Kier alpha value is -0.440. The Morgan fingerprint density at radius 2 is 2.56 bits per heavy atom. The van der Waals surface area contributed by atoms with Gasteiger partial charge in [-0.1, -0.05) is 0 Å². The number of hydrogen-bond acceptors (Lipinski definition) is 2. The van der Waals surface area contributed by atoms with Crippen molar-refractivity contribution in [2.45, 2.75) is 12.7 Å². The molecule has 0 radical (unpaired) electrons. The van der Waals surface area contributed by atoms with Gasteiger partial charge >= 0.3 is 0 Å². The molecule has 0 aliphatic heterocycles. The molecule has 0 fully saturated rings. The molecule has 1 N–H and O–H groups in total. The molecule has 0 unspecified atom stereocenters. The molecule has 0 atom stereocenters. The Morgan fingerprint density at radius 3 is 3.00 bits per heavy atom. The van der Waals surface area contributed by atoms with Gasteiger partial charge in [-0.15, -0.1) is 0 Å². The van der Waals surface area contributed by atoms with Crippen LogP contribution in [0, 0.1) is 6.92 Å². The van der Waals surface area contributed by atoms with Crippen LogP contribution in [0.25, 0.3) is 0 Å². The quantitative estimate of drug-likeness (QED) is 0.679. The molecular weight excluding hydrogens is 132 g/mol. The topological polar surface area (TPSA) is 28.7 Å². The minimum Gasteiger partial charge on any atom is -0.283 e. The molecule has 1 heterocycles. The SMILES string of the molecule is CSCc1cn[nH]c1C. The van der Waals surface area contributed by atoms with Gasteiger partial charge in [0, 0.05) is 17.0 Å². The lowest BCUT2D eigenvalue weighted by Crippen LogP contribution is -1.78. The summed E-state index contributed by atoms with van der Waals surface area (Å²) in [5.41, 5.74) is 2.49. The molecular formula is C6H10N2S. The number of rotatable bonds is 2. The molecule has 3 heteroatoms. The maximum atomic E-state index is 3.90. The number of hydrogen-bond donors (Lipinski definition) is 1. The van der Waals surface area contributed by atoms with Crippen molar-refractivity contribution in [3.8, 4) is 0 Å². The van der Waals surface area contributed by atoms with E-state index in [1.807, 2.05) is 24.9 Å². The highest BCUT2D eigenvalue weighted by Crippen LogP contribution is 2.09. The summed E-state index contributed by atoms with van der Waals surface area (Å²) in [6.45, 7) is 2.04. The highest BCUT2D eigenvalue weighted by molar-refractivity contribution is 7.97. The summed E-state index contributed by atoms with van der Waals surface area (Å²) in [5.74, 6) is 1.06. The van der Waals surface area contributed by atoms with Crippen LogP contribution < -0.4 is 0 Å². The lowest BCUT2D eigenvalue weighted by molar-refractivity contribution is 1.04. The Morgan fingerprint density at radius 1 is 1.78 bits per heavy atom. The Kier molecular flexibility index (Phi) is 2.16. The van der Waals surface area contributed by atoms with Crippen molar-refractivity contribution in [1.82, 2.24) is 10.2 Å². The predicted molar refractivity (Wildman–Crippen MR) is 40.5 cm³/mol. The van der Waals surface area contributed by atoms with E-state index in [4.69, 9.17) is 0 Å². The van der Waals surface area contributed by atoms with Crippen molar-refractivity contribution in [2.75, 3.05) is 6.26 Å². The average Bonchev–Trinajstić information content (AvgIpc) is 2.18. The van der Waals surface area contributed by atoms with E-state index >= 15 is 0 Å². The number of nitrogens with zero attached hydrogens (tertiary/aromatic N) is 1. The smallest absolute Gasteiger partial charge is 0.0530 e. The van der Waals surface area contributed by atoms with Crippen LogP contribution in [0.2, 0.25) is 0 Å².